The van der Waals surface area contributed by atoms with Gasteiger partial charge in [-0.15, -0.1) is 11.8 Å². The SMILES string of the molecule is CCC[C@@H](NC(=O)CSCc1ccc(F)cc1)C(=O)O. The summed E-state index contributed by atoms with van der Waals surface area (Å²) in [4.78, 5) is 22.5. The normalized spacial score (nSPS) is 11.9. The molecule has 110 valence electrons. The first kappa shape index (κ1) is 16.5. The Hall–Kier alpha value is -1.56. The minimum atomic E-state index is -1.01. The van der Waals surface area contributed by atoms with E-state index < -0.39 is 12.0 Å². The molecule has 20 heavy (non-hydrogen) atoms. The predicted molar refractivity (Wildman–Crippen MR) is 77.0 cm³/mol. The second kappa shape index (κ2) is 8.58. The lowest BCUT2D eigenvalue weighted by Crippen LogP contribution is -2.41. The lowest BCUT2D eigenvalue weighted by atomic mass is 10.2. The fourth-order valence-corrected chi connectivity index (χ4v) is 2.42. The summed E-state index contributed by atoms with van der Waals surface area (Å²) in [6.07, 6.45) is 1.11. The highest BCUT2D eigenvalue weighted by atomic mass is 32.2. The number of rotatable bonds is 8. The molecule has 1 aromatic carbocycles. The van der Waals surface area contributed by atoms with Crippen LogP contribution >= 0.6 is 11.8 Å². The van der Waals surface area contributed by atoms with Crippen molar-refractivity contribution in [2.24, 2.45) is 0 Å². The Morgan fingerprint density at radius 1 is 1.35 bits per heavy atom. The highest BCUT2D eigenvalue weighted by Gasteiger charge is 2.18. The van der Waals surface area contributed by atoms with Gasteiger partial charge in [-0.3, -0.25) is 4.79 Å². The molecule has 6 heteroatoms. The number of amides is 1. The standard InChI is InChI=1S/C14H18FNO3S/c1-2-3-12(14(18)19)16-13(17)9-20-8-10-4-6-11(15)7-5-10/h4-7,12H,2-3,8-9H2,1H3,(H,16,17)(H,18,19)/t12-/m1/s1. The highest BCUT2D eigenvalue weighted by molar-refractivity contribution is 7.99. The van der Waals surface area contributed by atoms with E-state index in [1.165, 1.54) is 23.9 Å². The van der Waals surface area contributed by atoms with Crippen molar-refractivity contribution in [3.8, 4) is 0 Å². The number of aliphatic carboxylic acids is 1. The van der Waals surface area contributed by atoms with Gasteiger partial charge >= 0.3 is 5.97 Å². The van der Waals surface area contributed by atoms with E-state index in [4.69, 9.17) is 5.11 Å². The molecule has 0 unspecified atom stereocenters. The van der Waals surface area contributed by atoms with Crippen molar-refractivity contribution in [1.82, 2.24) is 5.32 Å². The Balaban J connectivity index is 2.32. The highest BCUT2D eigenvalue weighted by Crippen LogP contribution is 2.12. The van der Waals surface area contributed by atoms with Gasteiger partial charge in [0, 0.05) is 5.75 Å². The van der Waals surface area contributed by atoms with Crippen LogP contribution in [0.15, 0.2) is 24.3 Å². The molecule has 0 heterocycles. The van der Waals surface area contributed by atoms with Crippen LogP contribution in [0.1, 0.15) is 25.3 Å². The quantitative estimate of drug-likeness (QED) is 0.773. The number of carbonyl (C=O) groups excluding carboxylic acids is 1. The minimum Gasteiger partial charge on any atom is -0.480 e. The van der Waals surface area contributed by atoms with Crippen LogP contribution in [0, 0.1) is 5.82 Å². The lowest BCUT2D eigenvalue weighted by molar-refractivity contribution is -0.141. The fraction of sp³-hybridized carbons (Fsp3) is 0.429. The van der Waals surface area contributed by atoms with Crippen LogP contribution in [0.2, 0.25) is 0 Å². The molecule has 1 rings (SSSR count). The molecule has 1 amide bonds. The summed E-state index contributed by atoms with van der Waals surface area (Å²) in [5, 5.41) is 11.4. The van der Waals surface area contributed by atoms with E-state index in [-0.39, 0.29) is 17.5 Å². The van der Waals surface area contributed by atoms with Gasteiger partial charge in [-0.05, 0) is 24.1 Å². The third kappa shape index (κ3) is 6.06. The van der Waals surface area contributed by atoms with Crippen LogP contribution in [0.25, 0.3) is 0 Å². The lowest BCUT2D eigenvalue weighted by Gasteiger charge is -2.13. The summed E-state index contributed by atoms with van der Waals surface area (Å²) < 4.78 is 12.7. The molecule has 1 atom stereocenters. The van der Waals surface area contributed by atoms with Gasteiger partial charge in [-0.2, -0.15) is 0 Å². The monoisotopic (exact) mass is 299 g/mol. The molecule has 0 aromatic heterocycles. The molecule has 4 nitrogen and oxygen atoms in total. The summed E-state index contributed by atoms with van der Waals surface area (Å²) in [5.74, 6) is -0.827. The molecule has 0 aliphatic carbocycles. The number of nitrogens with one attached hydrogen (secondary N) is 1. The van der Waals surface area contributed by atoms with Crippen molar-refractivity contribution in [2.45, 2.75) is 31.6 Å². The van der Waals surface area contributed by atoms with Gasteiger partial charge in [-0.1, -0.05) is 25.5 Å². The molecule has 0 bridgehead atoms. The largest absolute Gasteiger partial charge is 0.480 e. The zero-order valence-corrected chi connectivity index (χ0v) is 12.1. The third-order valence-electron chi connectivity index (χ3n) is 2.63. The van der Waals surface area contributed by atoms with Gasteiger partial charge in [0.25, 0.3) is 0 Å². The third-order valence-corrected chi connectivity index (χ3v) is 3.63. The number of carbonyl (C=O) groups is 2. The average molecular weight is 299 g/mol. The second-order valence-corrected chi connectivity index (χ2v) is 5.35. The fourth-order valence-electron chi connectivity index (χ4n) is 1.62. The minimum absolute atomic E-state index is 0.185. The Morgan fingerprint density at radius 2 is 2.00 bits per heavy atom. The van der Waals surface area contributed by atoms with Gasteiger partial charge in [0.15, 0.2) is 0 Å². The van der Waals surface area contributed by atoms with E-state index in [0.717, 1.165) is 5.56 Å². The number of thioether (sulfide) groups is 1. The van der Waals surface area contributed by atoms with Crippen LogP contribution in [0.4, 0.5) is 4.39 Å². The Morgan fingerprint density at radius 3 is 2.55 bits per heavy atom. The van der Waals surface area contributed by atoms with Gasteiger partial charge in [0.2, 0.25) is 5.91 Å². The smallest absolute Gasteiger partial charge is 0.326 e. The second-order valence-electron chi connectivity index (χ2n) is 4.37. The van der Waals surface area contributed by atoms with Gasteiger partial charge < -0.3 is 10.4 Å². The summed E-state index contributed by atoms with van der Waals surface area (Å²) in [6, 6.07) is 5.25. The molecule has 0 aliphatic heterocycles. The van der Waals surface area contributed by atoms with Crippen molar-refractivity contribution in [3.63, 3.8) is 0 Å². The number of hydrogen-bond acceptors (Lipinski definition) is 3. The number of halogens is 1. The maximum Gasteiger partial charge on any atom is 0.326 e. The Bertz CT molecular complexity index is 450. The maximum atomic E-state index is 12.7. The summed E-state index contributed by atoms with van der Waals surface area (Å²) >= 11 is 1.36. The number of benzene rings is 1. The number of carboxylic acid groups (broad SMARTS) is 1. The van der Waals surface area contributed by atoms with E-state index in [1.807, 2.05) is 6.92 Å². The van der Waals surface area contributed by atoms with Crippen LogP contribution in [0.3, 0.4) is 0 Å². The number of carboxylic acids is 1. The Kier molecular flexibility index (Phi) is 7.08. The van der Waals surface area contributed by atoms with E-state index in [2.05, 4.69) is 5.32 Å². The number of hydrogen-bond donors (Lipinski definition) is 2. The molecule has 0 fully saturated rings. The first-order chi connectivity index (χ1) is 9.52. The van der Waals surface area contributed by atoms with Crippen LogP contribution in [-0.4, -0.2) is 28.8 Å². The zero-order chi connectivity index (χ0) is 15.0. The van der Waals surface area contributed by atoms with Crippen LogP contribution < -0.4 is 5.32 Å². The zero-order valence-electron chi connectivity index (χ0n) is 11.3. The Labute approximate surface area is 121 Å². The first-order valence-corrected chi connectivity index (χ1v) is 7.52. The van der Waals surface area contributed by atoms with Crippen molar-refractivity contribution in [2.75, 3.05) is 5.75 Å². The first-order valence-electron chi connectivity index (χ1n) is 6.37. The topological polar surface area (TPSA) is 66.4 Å². The van der Waals surface area contributed by atoms with Crippen LogP contribution in [0.5, 0.6) is 0 Å². The van der Waals surface area contributed by atoms with Crippen molar-refractivity contribution in [1.29, 1.82) is 0 Å². The predicted octanol–water partition coefficient (Wildman–Crippen LogP) is 2.43. The van der Waals surface area contributed by atoms with E-state index in [0.29, 0.717) is 18.6 Å². The molecule has 0 saturated carbocycles. The van der Waals surface area contributed by atoms with E-state index in [1.54, 1.807) is 12.1 Å². The molecular weight excluding hydrogens is 281 g/mol. The molecule has 1 aromatic rings. The van der Waals surface area contributed by atoms with Gasteiger partial charge in [0.05, 0.1) is 5.75 Å². The molecule has 2 N–H and O–H groups in total. The van der Waals surface area contributed by atoms with Gasteiger partial charge in [-0.25, -0.2) is 9.18 Å². The van der Waals surface area contributed by atoms with Crippen molar-refractivity contribution < 1.29 is 19.1 Å². The average Bonchev–Trinajstić information content (AvgIpc) is 2.40. The summed E-state index contributed by atoms with van der Waals surface area (Å²) in [7, 11) is 0. The van der Waals surface area contributed by atoms with E-state index in [9.17, 15) is 14.0 Å². The maximum absolute atomic E-state index is 12.7. The van der Waals surface area contributed by atoms with E-state index >= 15 is 0 Å². The molecular formula is C14H18FNO3S. The summed E-state index contributed by atoms with van der Waals surface area (Å²) in [6.45, 7) is 1.87. The van der Waals surface area contributed by atoms with Crippen LogP contribution in [-0.2, 0) is 15.3 Å². The molecule has 0 saturated heterocycles. The van der Waals surface area contributed by atoms with Gasteiger partial charge in [0.1, 0.15) is 11.9 Å². The molecule has 0 spiro atoms. The van der Waals surface area contributed by atoms with Crippen molar-refractivity contribution in [3.05, 3.63) is 35.6 Å². The summed E-state index contributed by atoms with van der Waals surface area (Å²) in [5.41, 5.74) is 0.924. The molecule has 0 aliphatic rings. The van der Waals surface area contributed by atoms with Crippen molar-refractivity contribution >= 4 is 23.6 Å². The molecule has 0 radical (unpaired) electrons.